The first-order valence-electron chi connectivity index (χ1n) is 4.24. The lowest BCUT2D eigenvalue weighted by Gasteiger charge is -2.08. The lowest BCUT2D eigenvalue weighted by atomic mass is 10.2. The van der Waals surface area contributed by atoms with Gasteiger partial charge in [-0.05, 0) is 32.4 Å². The number of hydrogen-bond acceptors (Lipinski definition) is 1. The minimum Gasteiger partial charge on any atom is -0.497 e. The van der Waals surface area contributed by atoms with E-state index in [0.29, 0.717) is 4.83 Å². The molecule has 0 bridgehead atoms. The Morgan fingerprint density at radius 1 is 1.62 bits per heavy atom. The molecule has 0 aromatic heterocycles. The maximum atomic E-state index is 4.99. The summed E-state index contributed by atoms with van der Waals surface area (Å²) in [6.07, 6.45) is 7.15. The zero-order valence-corrected chi connectivity index (χ0v) is 10.1. The Labute approximate surface area is 89.3 Å². The highest BCUT2D eigenvalue weighted by molar-refractivity contribution is 9.09. The van der Waals surface area contributed by atoms with Crippen molar-refractivity contribution in [2.45, 2.75) is 25.1 Å². The predicted molar refractivity (Wildman–Crippen MR) is 62.1 cm³/mol. The van der Waals surface area contributed by atoms with Crippen LogP contribution in [0.2, 0.25) is 0 Å². The largest absolute Gasteiger partial charge is 0.497 e. The smallest absolute Gasteiger partial charge is 0.114 e. The Morgan fingerprint density at radius 2 is 2.15 bits per heavy atom. The lowest BCUT2D eigenvalue weighted by molar-refractivity contribution is 0.304. The average Bonchev–Trinajstić information content (AvgIpc) is 2.05. The van der Waals surface area contributed by atoms with Gasteiger partial charge in [0.1, 0.15) is 5.76 Å². The topological polar surface area (TPSA) is 9.23 Å². The van der Waals surface area contributed by atoms with Crippen LogP contribution in [0.15, 0.2) is 36.1 Å². The van der Waals surface area contributed by atoms with E-state index in [0.717, 1.165) is 12.2 Å². The molecule has 1 rings (SSSR count). The van der Waals surface area contributed by atoms with Gasteiger partial charge in [-0.3, -0.25) is 0 Å². The molecule has 0 spiro atoms. The van der Waals surface area contributed by atoms with Crippen molar-refractivity contribution in [2.24, 2.45) is 0 Å². The molecule has 1 atom stereocenters. The number of ether oxygens (including phenoxy) is 1. The van der Waals surface area contributed by atoms with Gasteiger partial charge in [0.15, 0.2) is 0 Å². The van der Waals surface area contributed by atoms with E-state index in [1.807, 2.05) is 19.9 Å². The Balaban J connectivity index is 0.000000310. The third-order valence-corrected chi connectivity index (χ3v) is 1.93. The fourth-order valence-electron chi connectivity index (χ4n) is 0.726. The molecule has 13 heavy (non-hydrogen) atoms. The van der Waals surface area contributed by atoms with E-state index >= 15 is 0 Å². The van der Waals surface area contributed by atoms with Crippen molar-refractivity contribution in [3.8, 4) is 0 Å². The fourth-order valence-corrected chi connectivity index (χ4v) is 1.07. The van der Waals surface area contributed by atoms with E-state index in [9.17, 15) is 0 Å². The van der Waals surface area contributed by atoms with Crippen molar-refractivity contribution in [2.75, 3.05) is 7.11 Å². The molecule has 0 saturated heterocycles. The van der Waals surface area contributed by atoms with Gasteiger partial charge in [-0.1, -0.05) is 27.6 Å². The molecule has 2 heteroatoms. The SMILES string of the molecule is C=C(C)C.COC1=CCC(Br)C=C1. The molecule has 0 heterocycles. The Bertz CT molecular complexity index is 212. The molecule has 1 nitrogen and oxygen atoms in total. The molecule has 0 radical (unpaired) electrons. The van der Waals surface area contributed by atoms with Gasteiger partial charge in [-0.25, -0.2) is 0 Å². The molecule has 0 aliphatic heterocycles. The van der Waals surface area contributed by atoms with Gasteiger partial charge in [0.25, 0.3) is 0 Å². The molecular weight excluding hydrogens is 228 g/mol. The summed E-state index contributed by atoms with van der Waals surface area (Å²) in [6.45, 7) is 7.50. The van der Waals surface area contributed by atoms with E-state index in [4.69, 9.17) is 4.74 Å². The fraction of sp³-hybridized carbons (Fsp3) is 0.455. The third kappa shape index (κ3) is 7.85. The average molecular weight is 245 g/mol. The van der Waals surface area contributed by atoms with Crippen LogP contribution in [0.4, 0.5) is 0 Å². The predicted octanol–water partition coefficient (Wildman–Crippen LogP) is 3.82. The summed E-state index contributed by atoms with van der Waals surface area (Å²) in [4.78, 5) is 0.497. The van der Waals surface area contributed by atoms with E-state index in [1.165, 1.54) is 5.57 Å². The van der Waals surface area contributed by atoms with Crippen molar-refractivity contribution < 1.29 is 4.74 Å². The Morgan fingerprint density at radius 3 is 2.46 bits per heavy atom. The highest BCUT2D eigenvalue weighted by Crippen LogP contribution is 2.16. The standard InChI is InChI=1S/C7H9BrO.C4H8/c1-9-7-4-2-6(8)3-5-7;1-4(2)3/h2,4-6H,3H2,1H3;1H2,2-3H3. The second-order valence-corrected chi connectivity index (χ2v) is 4.30. The monoisotopic (exact) mass is 244 g/mol. The molecule has 0 amide bonds. The minimum absolute atomic E-state index is 0.497. The first kappa shape index (κ1) is 12.5. The second kappa shape index (κ2) is 6.96. The van der Waals surface area contributed by atoms with Gasteiger partial charge >= 0.3 is 0 Å². The summed E-state index contributed by atoms with van der Waals surface area (Å²) < 4.78 is 4.99. The van der Waals surface area contributed by atoms with E-state index in [-0.39, 0.29) is 0 Å². The van der Waals surface area contributed by atoms with Crippen molar-refractivity contribution in [3.63, 3.8) is 0 Å². The van der Waals surface area contributed by atoms with Gasteiger partial charge < -0.3 is 4.74 Å². The first-order chi connectivity index (χ1) is 6.06. The van der Waals surface area contributed by atoms with Crippen LogP contribution < -0.4 is 0 Å². The summed E-state index contributed by atoms with van der Waals surface area (Å²) in [7, 11) is 1.69. The van der Waals surface area contributed by atoms with Crippen LogP contribution in [-0.2, 0) is 4.74 Å². The molecule has 0 fully saturated rings. The number of rotatable bonds is 1. The summed E-state index contributed by atoms with van der Waals surface area (Å²) in [5, 5.41) is 0. The van der Waals surface area contributed by atoms with Gasteiger partial charge in [0.2, 0.25) is 0 Å². The molecule has 74 valence electrons. The van der Waals surface area contributed by atoms with Gasteiger partial charge in [0.05, 0.1) is 7.11 Å². The van der Waals surface area contributed by atoms with Crippen LogP contribution in [0.1, 0.15) is 20.3 Å². The van der Waals surface area contributed by atoms with Crippen LogP contribution in [0.25, 0.3) is 0 Å². The van der Waals surface area contributed by atoms with Gasteiger partial charge in [-0.15, -0.1) is 6.58 Å². The zero-order chi connectivity index (χ0) is 10.3. The number of hydrogen-bond donors (Lipinski definition) is 0. The quantitative estimate of drug-likeness (QED) is 0.504. The van der Waals surface area contributed by atoms with Crippen LogP contribution in [0.5, 0.6) is 0 Å². The van der Waals surface area contributed by atoms with E-state index in [1.54, 1.807) is 7.11 Å². The second-order valence-electron chi connectivity index (χ2n) is 3.13. The summed E-state index contributed by atoms with van der Waals surface area (Å²) in [5.74, 6) is 0.964. The Kier molecular flexibility index (Phi) is 6.69. The molecule has 1 aliphatic carbocycles. The number of methoxy groups -OCH3 is 1. The highest BCUT2D eigenvalue weighted by atomic mass is 79.9. The summed E-state index contributed by atoms with van der Waals surface area (Å²) in [6, 6.07) is 0. The van der Waals surface area contributed by atoms with E-state index in [2.05, 4.69) is 34.7 Å². The molecule has 1 aliphatic rings. The van der Waals surface area contributed by atoms with E-state index < -0.39 is 0 Å². The van der Waals surface area contributed by atoms with Crippen LogP contribution in [0, 0.1) is 0 Å². The third-order valence-electron chi connectivity index (χ3n) is 1.25. The zero-order valence-electron chi connectivity index (χ0n) is 8.51. The van der Waals surface area contributed by atoms with Crippen molar-refractivity contribution in [3.05, 3.63) is 36.1 Å². The lowest BCUT2D eigenvalue weighted by Crippen LogP contribution is -1.97. The van der Waals surface area contributed by atoms with Crippen molar-refractivity contribution >= 4 is 15.9 Å². The molecule has 0 aromatic carbocycles. The van der Waals surface area contributed by atoms with Gasteiger partial charge in [-0.2, -0.15) is 0 Å². The van der Waals surface area contributed by atoms with Gasteiger partial charge in [0, 0.05) is 4.83 Å². The summed E-state index contributed by atoms with van der Waals surface area (Å²) in [5.41, 5.74) is 1.17. The molecular formula is C11H17BrO. The Hall–Kier alpha value is -0.500. The number of alkyl halides is 1. The normalized spacial score (nSPS) is 19.7. The maximum absolute atomic E-state index is 4.99. The van der Waals surface area contributed by atoms with Crippen LogP contribution >= 0.6 is 15.9 Å². The maximum Gasteiger partial charge on any atom is 0.114 e. The molecule has 0 N–H and O–H groups in total. The van der Waals surface area contributed by atoms with Crippen LogP contribution in [-0.4, -0.2) is 11.9 Å². The molecule has 0 saturated carbocycles. The first-order valence-corrected chi connectivity index (χ1v) is 5.16. The highest BCUT2D eigenvalue weighted by Gasteiger charge is 2.02. The number of allylic oxidation sites excluding steroid dienone is 4. The van der Waals surface area contributed by atoms with Crippen molar-refractivity contribution in [1.29, 1.82) is 0 Å². The minimum atomic E-state index is 0.497. The molecule has 1 unspecified atom stereocenters. The van der Waals surface area contributed by atoms with Crippen LogP contribution in [0.3, 0.4) is 0 Å². The molecule has 0 aromatic rings. The van der Waals surface area contributed by atoms with Crippen molar-refractivity contribution in [1.82, 2.24) is 0 Å². The number of halogens is 1. The summed E-state index contributed by atoms with van der Waals surface area (Å²) >= 11 is 3.46.